The smallest absolute Gasteiger partial charge is 0.231 e. The average molecular weight is 228 g/mol. The van der Waals surface area contributed by atoms with Gasteiger partial charge in [0.15, 0.2) is 11.5 Å². The Balaban J connectivity index is 1.83. The molecule has 2 aromatic rings. The summed E-state index contributed by atoms with van der Waals surface area (Å²) in [6, 6.07) is 13.5. The van der Waals surface area contributed by atoms with Crippen LogP contribution >= 0.6 is 0 Å². The molecule has 0 unspecified atom stereocenters. The molecule has 1 aliphatic rings. The molecule has 0 saturated heterocycles. The SMILES string of the molecule is Cc1ccc(Oc2ccc3c(c2)OCO3)cc1. The number of rotatable bonds is 2. The van der Waals surface area contributed by atoms with Gasteiger partial charge in [0.25, 0.3) is 0 Å². The molecule has 0 spiro atoms. The highest BCUT2D eigenvalue weighted by atomic mass is 16.7. The van der Waals surface area contributed by atoms with Crippen molar-refractivity contribution >= 4 is 0 Å². The normalized spacial score (nSPS) is 12.5. The van der Waals surface area contributed by atoms with Crippen LogP contribution in [-0.4, -0.2) is 6.79 Å². The molecule has 2 aromatic carbocycles. The van der Waals surface area contributed by atoms with Crippen molar-refractivity contribution in [3.05, 3.63) is 48.0 Å². The maximum atomic E-state index is 5.72. The van der Waals surface area contributed by atoms with Gasteiger partial charge in [-0.05, 0) is 31.2 Å². The Hall–Kier alpha value is -2.16. The first-order valence-electron chi connectivity index (χ1n) is 5.45. The van der Waals surface area contributed by atoms with E-state index >= 15 is 0 Å². The highest BCUT2D eigenvalue weighted by molar-refractivity contribution is 5.48. The predicted octanol–water partition coefficient (Wildman–Crippen LogP) is 3.52. The molecule has 0 atom stereocenters. The standard InChI is InChI=1S/C14H12O3/c1-10-2-4-11(5-3-10)17-12-6-7-13-14(8-12)16-9-15-13/h2-8H,9H2,1H3. The summed E-state index contributed by atoms with van der Waals surface area (Å²) in [4.78, 5) is 0. The maximum absolute atomic E-state index is 5.72. The van der Waals surface area contributed by atoms with Gasteiger partial charge in [0, 0.05) is 6.07 Å². The van der Waals surface area contributed by atoms with Gasteiger partial charge >= 0.3 is 0 Å². The van der Waals surface area contributed by atoms with E-state index < -0.39 is 0 Å². The van der Waals surface area contributed by atoms with Crippen LogP contribution in [0.5, 0.6) is 23.0 Å². The number of hydrogen-bond acceptors (Lipinski definition) is 3. The van der Waals surface area contributed by atoms with Gasteiger partial charge in [0.1, 0.15) is 11.5 Å². The number of aryl methyl sites for hydroxylation is 1. The van der Waals surface area contributed by atoms with E-state index in [9.17, 15) is 0 Å². The third-order valence-electron chi connectivity index (χ3n) is 2.60. The number of ether oxygens (including phenoxy) is 3. The summed E-state index contributed by atoms with van der Waals surface area (Å²) in [5.74, 6) is 3.06. The largest absolute Gasteiger partial charge is 0.457 e. The zero-order valence-corrected chi connectivity index (χ0v) is 9.47. The van der Waals surface area contributed by atoms with E-state index in [0.717, 1.165) is 23.0 Å². The molecular weight excluding hydrogens is 216 g/mol. The summed E-state index contributed by atoms with van der Waals surface area (Å²) in [5, 5.41) is 0. The van der Waals surface area contributed by atoms with Crippen LogP contribution in [0.25, 0.3) is 0 Å². The molecule has 0 fully saturated rings. The molecule has 86 valence electrons. The predicted molar refractivity (Wildman–Crippen MR) is 63.8 cm³/mol. The minimum atomic E-state index is 0.281. The summed E-state index contributed by atoms with van der Waals surface area (Å²) >= 11 is 0. The molecule has 3 heteroatoms. The van der Waals surface area contributed by atoms with Crippen molar-refractivity contribution in [3.8, 4) is 23.0 Å². The zero-order chi connectivity index (χ0) is 11.7. The first-order valence-corrected chi connectivity index (χ1v) is 5.45. The van der Waals surface area contributed by atoms with Crippen molar-refractivity contribution in [2.75, 3.05) is 6.79 Å². The minimum absolute atomic E-state index is 0.281. The fourth-order valence-corrected chi connectivity index (χ4v) is 1.68. The van der Waals surface area contributed by atoms with Gasteiger partial charge in [-0.3, -0.25) is 0 Å². The van der Waals surface area contributed by atoms with Crippen molar-refractivity contribution in [2.45, 2.75) is 6.92 Å². The van der Waals surface area contributed by atoms with Gasteiger partial charge in [0.2, 0.25) is 6.79 Å². The Labute approximate surface area is 99.6 Å². The average Bonchev–Trinajstić information content (AvgIpc) is 2.79. The van der Waals surface area contributed by atoms with Crippen molar-refractivity contribution in [1.29, 1.82) is 0 Å². The van der Waals surface area contributed by atoms with Crippen LogP contribution in [0.4, 0.5) is 0 Å². The third kappa shape index (κ3) is 2.04. The Morgan fingerprint density at radius 1 is 0.882 bits per heavy atom. The second kappa shape index (κ2) is 4.01. The molecule has 1 aliphatic heterocycles. The molecule has 0 N–H and O–H groups in total. The molecular formula is C14H12O3. The first-order chi connectivity index (χ1) is 8.31. The molecule has 3 rings (SSSR count). The quantitative estimate of drug-likeness (QED) is 0.787. The van der Waals surface area contributed by atoms with Crippen molar-refractivity contribution < 1.29 is 14.2 Å². The monoisotopic (exact) mass is 228 g/mol. The van der Waals surface area contributed by atoms with Crippen molar-refractivity contribution in [1.82, 2.24) is 0 Å². The summed E-state index contributed by atoms with van der Waals surface area (Å²) in [6.45, 7) is 2.33. The van der Waals surface area contributed by atoms with E-state index in [4.69, 9.17) is 14.2 Å². The van der Waals surface area contributed by atoms with Gasteiger partial charge < -0.3 is 14.2 Å². The fraction of sp³-hybridized carbons (Fsp3) is 0.143. The minimum Gasteiger partial charge on any atom is -0.457 e. The van der Waals surface area contributed by atoms with Crippen LogP contribution in [0.1, 0.15) is 5.56 Å². The Bertz CT molecular complexity index is 532. The van der Waals surface area contributed by atoms with Gasteiger partial charge in [-0.2, -0.15) is 0 Å². The number of benzene rings is 2. The Kier molecular flexibility index (Phi) is 2.37. The summed E-state index contributed by atoms with van der Waals surface area (Å²) < 4.78 is 16.3. The lowest BCUT2D eigenvalue weighted by Gasteiger charge is -2.06. The lowest BCUT2D eigenvalue weighted by atomic mass is 10.2. The van der Waals surface area contributed by atoms with E-state index in [1.54, 1.807) is 0 Å². The molecule has 0 aromatic heterocycles. The van der Waals surface area contributed by atoms with Gasteiger partial charge in [-0.15, -0.1) is 0 Å². The van der Waals surface area contributed by atoms with Gasteiger partial charge in [0.05, 0.1) is 0 Å². The molecule has 0 bridgehead atoms. The van der Waals surface area contributed by atoms with Crippen LogP contribution in [-0.2, 0) is 0 Å². The van der Waals surface area contributed by atoms with E-state index in [1.165, 1.54) is 5.56 Å². The second-order valence-corrected chi connectivity index (χ2v) is 3.93. The first kappa shape index (κ1) is 10.0. The summed E-state index contributed by atoms with van der Waals surface area (Å²) in [5.41, 5.74) is 1.21. The highest BCUT2D eigenvalue weighted by Gasteiger charge is 2.13. The van der Waals surface area contributed by atoms with Crippen LogP contribution in [0, 0.1) is 6.92 Å². The Morgan fingerprint density at radius 3 is 2.41 bits per heavy atom. The van der Waals surface area contributed by atoms with Crippen molar-refractivity contribution in [3.63, 3.8) is 0 Å². The molecule has 0 radical (unpaired) electrons. The topological polar surface area (TPSA) is 27.7 Å². The van der Waals surface area contributed by atoms with E-state index in [-0.39, 0.29) is 6.79 Å². The zero-order valence-electron chi connectivity index (χ0n) is 9.47. The summed E-state index contributed by atoms with van der Waals surface area (Å²) in [6.07, 6.45) is 0. The van der Waals surface area contributed by atoms with Crippen LogP contribution in [0.15, 0.2) is 42.5 Å². The second-order valence-electron chi connectivity index (χ2n) is 3.93. The van der Waals surface area contributed by atoms with Crippen LogP contribution in [0.2, 0.25) is 0 Å². The Morgan fingerprint density at radius 2 is 1.59 bits per heavy atom. The number of hydrogen-bond donors (Lipinski definition) is 0. The molecule has 0 amide bonds. The molecule has 17 heavy (non-hydrogen) atoms. The van der Waals surface area contributed by atoms with Crippen LogP contribution in [0.3, 0.4) is 0 Å². The van der Waals surface area contributed by atoms with Crippen molar-refractivity contribution in [2.24, 2.45) is 0 Å². The van der Waals surface area contributed by atoms with Crippen LogP contribution < -0.4 is 14.2 Å². The van der Waals surface area contributed by atoms with Gasteiger partial charge in [-0.25, -0.2) is 0 Å². The lowest BCUT2D eigenvalue weighted by molar-refractivity contribution is 0.174. The fourth-order valence-electron chi connectivity index (χ4n) is 1.68. The number of fused-ring (bicyclic) bond motifs is 1. The molecule has 0 aliphatic carbocycles. The van der Waals surface area contributed by atoms with E-state index in [0.29, 0.717) is 0 Å². The van der Waals surface area contributed by atoms with Gasteiger partial charge in [-0.1, -0.05) is 17.7 Å². The lowest BCUT2D eigenvalue weighted by Crippen LogP contribution is -1.92. The molecule has 1 heterocycles. The maximum Gasteiger partial charge on any atom is 0.231 e. The molecule has 0 saturated carbocycles. The molecule has 3 nitrogen and oxygen atoms in total. The van der Waals surface area contributed by atoms with E-state index in [2.05, 4.69) is 0 Å². The highest BCUT2D eigenvalue weighted by Crippen LogP contribution is 2.36. The summed E-state index contributed by atoms with van der Waals surface area (Å²) in [7, 11) is 0. The third-order valence-corrected chi connectivity index (χ3v) is 2.60. The van der Waals surface area contributed by atoms with E-state index in [1.807, 2.05) is 49.4 Å².